The lowest BCUT2D eigenvalue weighted by Crippen LogP contribution is -2.76. The maximum absolute atomic E-state index is 12.4. The molecule has 0 amide bonds. The van der Waals surface area contributed by atoms with Crippen LogP contribution in [0.4, 0.5) is 26.1 Å². The van der Waals surface area contributed by atoms with Crippen molar-refractivity contribution in [3.63, 3.8) is 0 Å². The minimum Gasteiger partial charge on any atom is -0.433 e. The lowest BCUT2D eigenvalue weighted by atomic mass is 9.80. The molecule has 5 rings (SSSR count). The molecule has 0 atom stereocenters. The molecule has 4 heterocycles. The third-order valence-corrected chi connectivity index (χ3v) is 5.59. The molecule has 2 N–H and O–H groups in total. The van der Waals surface area contributed by atoms with Crippen LogP contribution in [0.5, 0.6) is 5.75 Å². The average molecular weight is 419 g/mol. The number of rotatable bonds is 5. The Hall–Kier alpha value is -2.78. The van der Waals surface area contributed by atoms with Crippen molar-refractivity contribution in [2.75, 3.05) is 29.9 Å². The Balaban J connectivity index is 1.41. The second-order valence-corrected chi connectivity index (χ2v) is 7.63. The predicted molar refractivity (Wildman–Crippen MR) is 106 cm³/mol. The minimum atomic E-state index is -2.93. The average Bonchev–Trinajstić information content (AvgIpc) is 2.62. The van der Waals surface area contributed by atoms with Crippen LogP contribution in [0.25, 0.3) is 11.0 Å². The van der Waals surface area contributed by atoms with Gasteiger partial charge in [0.2, 0.25) is 0 Å². The molecule has 2 aromatic heterocycles. The number of hydrogen-bond acceptors (Lipinski definition) is 7. The first-order valence-electron chi connectivity index (χ1n) is 9.15. The van der Waals surface area contributed by atoms with Crippen molar-refractivity contribution >= 4 is 40.0 Å². The summed E-state index contributed by atoms with van der Waals surface area (Å²) in [4.78, 5) is 15.5. The van der Waals surface area contributed by atoms with Gasteiger partial charge in [-0.05, 0) is 43.3 Å². The van der Waals surface area contributed by atoms with E-state index in [-0.39, 0.29) is 16.3 Å². The molecule has 0 radical (unpaired) electrons. The predicted octanol–water partition coefficient (Wildman–Crippen LogP) is 3.58. The van der Waals surface area contributed by atoms with Crippen molar-refractivity contribution in [2.24, 2.45) is 0 Å². The van der Waals surface area contributed by atoms with Crippen LogP contribution in [0.1, 0.15) is 6.42 Å². The molecule has 7 nitrogen and oxygen atoms in total. The van der Waals surface area contributed by atoms with Gasteiger partial charge in [-0.15, -0.1) is 0 Å². The highest BCUT2D eigenvalue weighted by Crippen LogP contribution is 2.35. The molecule has 2 fully saturated rings. The monoisotopic (exact) mass is 418 g/mol. The van der Waals surface area contributed by atoms with Gasteiger partial charge >= 0.3 is 6.61 Å². The highest BCUT2D eigenvalue weighted by atomic mass is 35.5. The van der Waals surface area contributed by atoms with E-state index in [2.05, 4.69) is 30.2 Å². The quantitative estimate of drug-likeness (QED) is 0.656. The molecule has 0 saturated carbocycles. The number of nitrogens with one attached hydrogen (secondary N) is 2. The summed E-state index contributed by atoms with van der Waals surface area (Å²) in [6.07, 6.45) is 2.64. The first-order chi connectivity index (χ1) is 14.0. The van der Waals surface area contributed by atoms with Crippen LogP contribution in [0, 0.1) is 0 Å². The molecule has 3 aromatic rings. The van der Waals surface area contributed by atoms with E-state index >= 15 is 0 Å². The van der Waals surface area contributed by atoms with Gasteiger partial charge in [0.15, 0.2) is 5.82 Å². The number of aromatic nitrogens is 3. The van der Waals surface area contributed by atoms with Crippen molar-refractivity contribution in [2.45, 2.75) is 18.6 Å². The minimum absolute atomic E-state index is 0.0705. The summed E-state index contributed by atoms with van der Waals surface area (Å²) < 4.78 is 29.2. The molecule has 150 valence electrons. The molecular weight excluding hydrogens is 402 g/mol. The van der Waals surface area contributed by atoms with Crippen molar-refractivity contribution in [3.05, 3.63) is 41.7 Å². The Bertz CT molecular complexity index is 1070. The number of alkyl halides is 2. The molecule has 1 aromatic carbocycles. The van der Waals surface area contributed by atoms with Crippen molar-refractivity contribution in [3.8, 4) is 5.75 Å². The van der Waals surface area contributed by atoms with Crippen molar-refractivity contribution < 1.29 is 13.5 Å². The fourth-order valence-electron chi connectivity index (χ4n) is 3.70. The van der Waals surface area contributed by atoms with Crippen LogP contribution in [0.3, 0.4) is 0 Å². The van der Waals surface area contributed by atoms with Gasteiger partial charge in [0.1, 0.15) is 23.4 Å². The summed E-state index contributed by atoms with van der Waals surface area (Å²) >= 11 is 6.04. The largest absolute Gasteiger partial charge is 0.433 e. The Morgan fingerprint density at radius 1 is 1.21 bits per heavy atom. The van der Waals surface area contributed by atoms with Crippen LogP contribution < -0.4 is 20.3 Å². The SMILES string of the molecule is FC(F)Oc1ccc(Nc2ncnc3ccc(N4CC5(CCN5)C4)nc23)cc1Cl. The fourth-order valence-corrected chi connectivity index (χ4v) is 3.92. The number of benzene rings is 1. The Morgan fingerprint density at radius 3 is 2.72 bits per heavy atom. The second kappa shape index (κ2) is 6.93. The number of hydrogen-bond donors (Lipinski definition) is 2. The van der Waals surface area contributed by atoms with Gasteiger partial charge in [-0.1, -0.05) is 11.6 Å². The van der Waals surface area contributed by atoms with E-state index in [1.165, 1.54) is 24.9 Å². The lowest BCUT2D eigenvalue weighted by Gasteiger charge is -2.56. The van der Waals surface area contributed by atoms with E-state index in [4.69, 9.17) is 16.6 Å². The van der Waals surface area contributed by atoms with Gasteiger partial charge in [-0.25, -0.2) is 15.0 Å². The van der Waals surface area contributed by atoms with E-state index in [0.717, 1.165) is 25.5 Å². The van der Waals surface area contributed by atoms with Crippen LogP contribution in [0.2, 0.25) is 5.02 Å². The number of nitrogens with zero attached hydrogens (tertiary/aromatic N) is 4. The molecule has 0 aliphatic carbocycles. The zero-order valence-corrected chi connectivity index (χ0v) is 16.0. The zero-order chi connectivity index (χ0) is 20.0. The lowest BCUT2D eigenvalue weighted by molar-refractivity contribution is -0.0497. The van der Waals surface area contributed by atoms with Gasteiger partial charge in [0, 0.05) is 18.8 Å². The summed E-state index contributed by atoms with van der Waals surface area (Å²) in [7, 11) is 0. The summed E-state index contributed by atoms with van der Waals surface area (Å²) in [5, 5.41) is 6.69. The summed E-state index contributed by atoms with van der Waals surface area (Å²) in [5.74, 6) is 1.29. The van der Waals surface area contributed by atoms with Crippen molar-refractivity contribution in [1.29, 1.82) is 0 Å². The Morgan fingerprint density at radius 2 is 2.03 bits per heavy atom. The smallest absolute Gasteiger partial charge is 0.387 e. The molecule has 1 spiro atoms. The molecule has 2 saturated heterocycles. The molecule has 0 bridgehead atoms. The third-order valence-electron chi connectivity index (χ3n) is 5.29. The third kappa shape index (κ3) is 3.40. The summed E-state index contributed by atoms with van der Waals surface area (Å²) in [6, 6.07) is 8.33. The van der Waals surface area contributed by atoms with E-state index in [9.17, 15) is 8.78 Å². The molecule has 0 unspecified atom stereocenters. The summed E-state index contributed by atoms with van der Waals surface area (Å²) in [5.41, 5.74) is 2.15. The molecule has 10 heteroatoms. The van der Waals surface area contributed by atoms with E-state index in [1.54, 1.807) is 6.07 Å². The van der Waals surface area contributed by atoms with E-state index in [0.29, 0.717) is 22.5 Å². The second-order valence-electron chi connectivity index (χ2n) is 7.22. The highest BCUT2D eigenvalue weighted by molar-refractivity contribution is 6.32. The number of fused-ring (bicyclic) bond motifs is 1. The van der Waals surface area contributed by atoms with Crippen LogP contribution in [0.15, 0.2) is 36.7 Å². The molecule has 2 aliphatic heterocycles. The first-order valence-corrected chi connectivity index (χ1v) is 9.52. The van der Waals surface area contributed by atoms with Crippen molar-refractivity contribution in [1.82, 2.24) is 20.3 Å². The maximum Gasteiger partial charge on any atom is 0.387 e. The molecular formula is C19H17ClF2N6O. The number of ether oxygens (including phenoxy) is 1. The highest BCUT2D eigenvalue weighted by Gasteiger charge is 2.47. The normalized spacial score (nSPS) is 17.3. The van der Waals surface area contributed by atoms with Gasteiger partial charge in [-0.3, -0.25) is 0 Å². The zero-order valence-electron chi connectivity index (χ0n) is 15.2. The first kappa shape index (κ1) is 18.3. The van der Waals surface area contributed by atoms with E-state index in [1.807, 2.05) is 12.1 Å². The van der Waals surface area contributed by atoms with Crippen LogP contribution >= 0.6 is 11.6 Å². The molecule has 29 heavy (non-hydrogen) atoms. The van der Waals surface area contributed by atoms with Crippen LogP contribution in [-0.2, 0) is 0 Å². The van der Waals surface area contributed by atoms with Gasteiger partial charge in [-0.2, -0.15) is 8.78 Å². The number of anilines is 3. The Labute approximate surface area is 170 Å². The van der Waals surface area contributed by atoms with Gasteiger partial charge < -0.3 is 20.3 Å². The summed E-state index contributed by atoms with van der Waals surface area (Å²) in [6.45, 7) is 0.00670. The molecule has 2 aliphatic rings. The number of pyridine rings is 1. The fraction of sp³-hybridized carbons (Fsp3) is 0.316. The Kier molecular flexibility index (Phi) is 4.36. The maximum atomic E-state index is 12.4. The van der Waals surface area contributed by atoms with E-state index < -0.39 is 6.61 Å². The van der Waals surface area contributed by atoms with Gasteiger partial charge in [0.05, 0.1) is 16.1 Å². The van der Waals surface area contributed by atoms with Gasteiger partial charge in [0.25, 0.3) is 0 Å². The topological polar surface area (TPSA) is 75.2 Å². The standard InChI is InChI=1S/C19H17ClF2N6O/c20-12-7-11(1-3-14(12)29-18(21)22)26-17-16-13(23-10-24-17)2-4-15(27-16)28-8-19(9-28)5-6-25-19/h1-4,7,10,18,25H,5-6,8-9H2,(H,23,24,26). The number of halogens is 3. The van der Waals surface area contributed by atoms with Crippen LogP contribution in [-0.4, -0.2) is 46.7 Å².